The molecule has 5 nitrogen and oxygen atoms in total. The first-order valence-corrected chi connectivity index (χ1v) is 8.83. The third-order valence-corrected chi connectivity index (χ3v) is 5.72. The highest BCUT2D eigenvalue weighted by Gasteiger charge is 2.40. The molecule has 0 spiro atoms. The summed E-state index contributed by atoms with van der Waals surface area (Å²) in [4.78, 5) is 25.1. The summed E-state index contributed by atoms with van der Waals surface area (Å²) < 4.78 is 0.806. The lowest BCUT2D eigenvalue weighted by Gasteiger charge is -2.27. The minimum absolute atomic E-state index is 0.115. The summed E-state index contributed by atoms with van der Waals surface area (Å²) in [6.07, 6.45) is 0.708. The van der Waals surface area contributed by atoms with Crippen molar-refractivity contribution in [2.45, 2.75) is 24.8 Å². The van der Waals surface area contributed by atoms with E-state index in [0.29, 0.717) is 22.9 Å². The first kappa shape index (κ1) is 16.7. The van der Waals surface area contributed by atoms with Crippen molar-refractivity contribution in [2.24, 2.45) is 0 Å². The van der Waals surface area contributed by atoms with E-state index < -0.39 is 12.0 Å². The molecule has 2 atom stereocenters. The van der Waals surface area contributed by atoms with Crippen molar-refractivity contribution < 1.29 is 14.7 Å². The highest BCUT2D eigenvalue weighted by molar-refractivity contribution is 14.1. The molecule has 0 bridgehead atoms. The summed E-state index contributed by atoms with van der Waals surface area (Å²) in [5, 5.41) is 12.5. The number of benzene rings is 1. The van der Waals surface area contributed by atoms with Crippen molar-refractivity contribution in [1.82, 2.24) is 4.90 Å². The number of hydrogen-bond acceptors (Lipinski definition) is 3. The smallest absolute Gasteiger partial charge is 0.327 e. The number of aliphatic carboxylic acids is 1. The normalized spacial score (nSPS) is 21.4. The number of carboxylic acid groups (broad SMARTS) is 1. The number of carbonyl (C=O) groups is 2. The Labute approximate surface area is 145 Å². The second kappa shape index (κ2) is 7.06. The molecule has 1 aliphatic heterocycles. The molecular formula is C13H14ClIN2O3S. The first-order chi connectivity index (χ1) is 9.93. The summed E-state index contributed by atoms with van der Waals surface area (Å²) in [7, 11) is 0. The van der Waals surface area contributed by atoms with Crippen LogP contribution in [0.3, 0.4) is 0 Å². The predicted octanol–water partition coefficient (Wildman–Crippen LogP) is 3.71. The fourth-order valence-corrected chi connectivity index (χ4v) is 4.46. The highest BCUT2D eigenvalue weighted by Crippen LogP contribution is 2.32. The van der Waals surface area contributed by atoms with E-state index in [-0.39, 0.29) is 11.4 Å². The molecule has 2 rings (SSSR count). The van der Waals surface area contributed by atoms with Gasteiger partial charge in [0.2, 0.25) is 0 Å². The number of nitrogens with zero attached hydrogens (tertiary/aromatic N) is 1. The molecule has 0 radical (unpaired) electrons. The fraction of sp³-hybridized carbons (Fsp3) is 0.385. The van der Waals surface area contributed by atoms with Gasteiger partial charge in [0.05, 0.1) is 11.1 Å². The first-order valence-electron chi connectivity index (χ1n) is 6.32. The van der Waals surface area contributed by atoms with Crippen LogP contribution in [0.25, 0.3) is 0 Å². The summed E-state index contributed by atoms with van der Waals surface area (Å²) in [5.41, 5.74) is 0.626. The van der Waals surface area contributed by atoms with Gasteiger partial charge in [-0.15, -0.1) is 11.8 Å². The maximum absolute atomic E-state index is 12.4. The number of anilines is 1. The third-order valence-electron chi connectivity index (χ3n) is 3.13. The molecule has 0 aliphatic carbocycles. The Morgan fingerprint density at radius 1 is 1.57 bits per heavy atom. The molecule has 1 saturated heterocycles. The molecule has 1 aromatic carbocycles. The number of urea groups is 1. The number of nitrogens with one attached hydrogen (secondary N) is 1. The van der Waals surface area contributed by atoms with E-state index in [1.165, 1.54) is 16.7 Å². The number of rotatable bonds is 3. The van der Waals surface area contributed by atoms with Crippen LogP contribution in [0.1, 0.15) is 13.3 Å². The number of carbonyl (C=O) groups excluding carboxylic acids is 1. The maximum Gasteiger partial charge on any atom is 0.327 e. The van der Waals surface area contributed by atoms with Crippen molar-refractivity contribution in [3.63, 3.8) is 0 Å². The molecule has 2 N–H and O–H groups in total. The van der Waals surface area contributed by atoms with Crippen LogP contribution >= 0.6 is 46.0 Å². The summed E-state index contributed by atoms with van der Waals surface area (Å²) in [6.45, 7) is 1.94. The van der Waals surface area contributed by atoms with Crippen LogP contribution in [-0.4, -0.2) is 39.2 Å². The van der Waals surface area contributed by atoms with Crippen LogP contribution in [-0.2, 0) is 4.79 Å². The van der Waals surface area contributed by atoms with Crippen LogP contribution in [0.15, 0.2) is 18.2 Å². The number of thioether (sulfide) groups is 1. The van der Waals surface area contributed by atoms with Gasteiger partial charge in [0.1, 0.15) is 6.04 Å². The molecule has 114 valence electrons. The topological polar surface area (TPSA) is 69.6 Å². The minimum Gasteiger partial charge on any atom is -0.480 e. The van der Waals surface area contributed by atoms with E-state index in [2.05, 4.69) is 27.9 Å². The predicted molar refractivity (Wildman–Crippen MR) is 93.0 cm³/mol. The van der Waals surface area contributed by atoms with E-state index in [4.69, 9.17) is 11.6 Å². The Hall–Kier alpha value is -0.670. The van der Waals surface area contributed by atoms with Crippen LogP contribution in [0.2, 0.25) is 5.02 Å². The van der Waals surface area contributed by atoms with E-state index in [1.54, 1.807) is 18.2 Å². The van der Waals surface area contributed by atoms with Crippen LogP contribution in [0.5, 0.6) is 0 Å². The Kier molecular flexibility index (Phi) is 5.61. The van der Waals surface area contributed by atoms with E-state index in [9.17, 15) is 14.7 Å². The standard InChI is InChI=1S/C13H14ClIN2O3S/c1-2-11-17(10(6-21-11)12(18)19)13(20)16-9-4-3-7(14)5-8(9)15/h3-5,10-11H,2,6H2,1H3,(H,16,20)(H,18,19). The lowest BCUT2D eigenvalue weighted by Crippen LogP contribution is -2.47. The molecule has 2 unspecified atom stereocenters. The second-order valence-corrected chi connectivity index (χ2v) is 7.32. The summed E-state index contributed by atoms with van der Waals surface area (Å²) in [6, 6.07) is 3.96. The van der Waals surface area contributed by atoms with Crippen molar-refractivity contribution in [2.75, 3.05) is 11.1 Å². The van der Waals surface area contributed by atoms with Gasteiger partial charge >= 0.3 is 12.0 Å². The Morgan fingerprint density at radius 3 is 2.86 bits per heavy atom. The number of hydrogen-bond donors (Lipinski definition) is 2. The Morgan fingerprint density at radius 2 is 2.29 bits per heavy atom. The largest absolute Gasteiger partial charge is 0.480 e. The van der Waals surface area contributed by atoms with Gasteiger partial charge in [-0.05, 0) is 47.2 Å². The van der Waals surface area contributed by atoms with E-state index >= 15 is 0 Å². The van der Waals surface area contributed by atoms with Crippen LogP contribution in [0.4, 0.5) is 10.5 Å². The monoisotopic (exact) mass is 440 g/mol. The summed E-state index contributed by atoms with van der Waals surface area (Å²) >= 11 is 9.45. The van der Waals surface area contributed by atoms with Gasteiger partial charge < -0.3 is 10.4 Å². The average molecular weight is 441 g/mol. The van der Waals surface area contributed by atoms with Gasteiger partial charge in [-0.2, -0.15) is 0 Å². The van der Waals surface area contributed by atoms with Crippen LogP contribution in [0, 0.1) is 3.57 Å². The molecule has 21 heavy (non-hydrogen) atoms. The molecule has 1 fully saturated rings. The molecule has 8 heteroatoms. The molecule has 1 heterocycles. The quantitative estimate of drug-likeness (QED) is 0.703. The van der Waals surface area contributed by atoms with Crippen molar-refractivity contribution in [3.05, 3.63) is 26.8 Å². The van der Waals surface area contributed by atoms with Crippen molar-refractivity contribution >= 4 is 63.6 Å². The lowest BCUT2D eigenvalue weighted by molar-refractivity contribution is -0.141. The van der Waals surface area contributed by atoms with Gasteiger partial charge in [-0.25, -0.2) is 9.59 Å². The van der Waals surface area contributed by atoms with Crippen molar-refractivity contribution in [1.29, 1.82) is 0 Å². The van der Waals surface area contributed by atoms with Gasteiger partial charge in [0, 0.05) is 14.3 Å². The molecule has 2 amide bonds. The zero-order valence-electron chi connectivity index (χ0n) is 11.2. The maximum atomic E-state index is 12.4. The van der Waals surface area contributed by atoms with E-state index in [1.807, 2.05) is 6.92 Å². The minimum atomic E-state index is -0.973. The Bertz CT molecular complexity index is 572. The zero-order chi connectivity index (χ0) is 15.6. The number of carboxylic acids is 1. The van der Waals surface area contributed by atoms with Crippen LogP contribution < -0.4 is 5.32 Å². The van der Waals surface area contributed by atoms with Crippen molar-refractivity contribution in [3.8, 4) is 0 Å². The average Bonchev–Trinajstić information content (AvgIpc) is 2.86. The van der Waals surface area contributed by atoms with E-state index in [0.717, 1.165) is 3.57 Å². The molecule has 1 aromatic rings. The molecule has 0 saturated carbocycles. The number of halogens is 2. The van der Waals surface area contributed by atoms with Gasteiger partial charge in [-0.3, -0.25) is 4.90 Å². The van der Waals surface area contributed by atoms with Gasteiger partial charge in [-0.1, -0.05) is 18.5 Å². The lowest BCUT2D eigenvalue weighted by atomic mass is 10.2. The zero-order valence-corrected chi connectivity index (χ0v) is 14.9. The van der Waals surface area contributed by atoms with Gasteiger partial charge in [0.25, 0.3) is 0 Å². The number of amides is 2. The molecule has 1 aliphatic rings. The molecular weight excluding hydrogens is 427 g/mol. The SMILES string of the molecule is CCC1SCC(C(=O)O)N1C(=O)Nc1ccc(Cl)cc1I. The fourth-order valence-electron chi connectivity index (χ4n) is 2.11. The Balaban J connectivity index is 2.18. The van der Waals surface area contributed by atoms with Gasteiger partial charge in [0.15, 0.2) is 0 Å². The molecule has 0 aromatic heterocycles. The highest BCUT2D eigenvalue weighted by atomic mass is 127. The third kappa shape index (κ3) is 3.75. The summed E-state index contributed by atoms with van der Waals surface area (Å²) in [5.74, 6) is -0.557. The second-order valence-electron chi connectivity index (χ2n) is 4.51.